The maximum atomic E-state index is 12.5. The topological polar surface area (TPSA) is 38.8 Å². The highest BCUT2D eigenvalue weighted by molar-refractivity contribution is 6.00. The average molecular weight is 434 g/mol. The lowest BCUT2D eigenvalue weighted by atomic mass is 10.0. The van der Waals surface area contributed by atoms with Gasteiger partial charge in [0.1, 0.15) is 11.5 Å². The monoisotopic (exact) mass is 433 g/mol. The molecule has 1 rings (SSSR count). The van der Waals surface area contributed by atoms with Crippen molar-refractivity contribution < 1.29 is 14.3 Å². The highest BCUT2D eigenvalue weighted by atomic mass is 16.5. The third-order valence-electron chi connectivity index (χ3n) is 5.70. The molecule has 0 aromatic heterocycles. The summed E-state index contributed by atoms with van der Waals surface area (Å²) in [6.07, 6.45) is 18.8. The fourth-order valence-corrected chi connectivity index (χ4v) is 3.83. The summed E-state index contributed by atoms with van der Waals surface area (Å²) in [5.74, 6) is 1.43. The first-order chi connectivity index (χ1) is 15.1. The van der Waals surface area contributed by atoms with Crippen molar-refractivity contribution in [1.29, 1.82) is 0 Å². The Hall–Kier alpha value is -1.55. The molecule has 0 saturated carbocycles. The van der Waals surface area contributed by atoms with Gasteiger partial charge in [-0.2, -0.15) is 0 Å². The van der Waals surface area contributed by atoms with Gasteiger partial charge in [0, 0.05) is 6.07 Å². The summed E-state index contributed by atoms with van der Waals surface area (Å²) in [6.45, 7) is 3.30. The van der Waals surface area contributed by atoms with Crippen LogP contribution in [-0.2, 0) is 0 Å². The maximum absolute atomic E-state index is 12.5. The van der Waals surface area contributed by atoms with Gasteiger partial charge in [-0.1, -0.05) is 90.4 Å². The van der Waals surface area contributed by atoms with Crippen LogP contribution >= 0.6 is 0 Å². The molecule has 0 unspecified atom stereocenters. The molecule has 0 saturated heterocycles. The molecular formula is C27H47NO3. The molecule has 0 atom stereocenters. The fourth-order valence-electron chi connectivity index (χ4n) is 3.83. The molecule has 4 heteroatoms. The Kier molecular flexibility index (Phi) is 16.0. The Labute approximate surface area is 191 Å². The molecule has 0 N–H and O–H groups in total. The van der Waals surface area contributed by atoms with E-state index in [0.717, 1.165) is 12.2 Å². The smallest absolute Gasteiger partial charge is 0.180 e. The van der Waals surface area contributed by atoms with E-state index in [1.165, 1.54) is 83.5 Å². The van der Waals surface area contributed by atoms with Crippen LogP contribution in [0, 0.1) is 0 Å². The Morgan fingerprint density at radius 1 is 0.806 bits per heavy atom. The van der Waals surface area contributed by atoms with Gasteiger partial charge in [-0.25, -0.2) is 0 Å². The van der Waals surface area contributed by atoms with Crippen molar-refractivity contribution in [3.8, 4) is 11.5 Å². The first kappa shape index (κ1) is 27.5. The molecule has 0 aliphatic heterocycles. The SMILES string of the molecule is CCCCCCCCCCCCCCCCOc1cc(OC)ccc1C(=O)CN(C)C. The second-order valence-electron chi connectivity index (χ2n) is 8.97. The number of carbonyl (C=O) groups excluding carboxylic acids is 1. The molecule has 0 amide bonds. The molecule has 1 aromatic rings. The number of methoxy groups -OCH3 is 1. The van der Waals surface area contributed by atoms with E-state index in [1.54, 1.807) is 7.11 Å². The van der Waals surface area contributed by atoms with Gasteiger partial charge in [-0.05, 0) is 32.6 Å². The molecule has 0 bridgehead atoms. The summed E-state index contributed by atoms with van der Waals surface area (Å²) in [7, 11) is 5.43. The van der Waals surface area contributed by atoms with Crippen LogP contribution in [0.15, 0.2) is 18.2 Å². The lowest BCUT2D eigenvalue weighted by Gasteiger charge is -2.14. The number of unbranched alkanes of at least 4 members (excludes halogenated alkanes) is 13. The van der Waals surface area contributed by atoms with Gasteiger partial charge in [0.25, 0.3) is 0 Å². The zero-order chi connectivity index (χ0) is 22.7. The number of carbonyl (C=O) groups is 1. The summed E-state index contributed by atoms with van der Waals surface area (Å²) in [5.41, 5.74) is 0.639. The number of rotatable bonds is 20. The van der Waals surface area contributed by atoms with Crippen LogP contribution in [0.3, 0.4) is 0 Å². The number of ketones is 1. The molecule has 178 valence electrons. The average Bonchev–Trinajstić information content (AvgIpc) is 2.75. The van der Waals surface area contributed by atoms with Crippen molar-refractivity contribution in [3.63, 3.8) is 0 Å². The number of hydrogen-bond donors (Lipinski definition) is 0. The van der Waals surface area contributed by atoms with Gasteiger partial charge in [0.05, 0.1) is 25.8 Å². The molecule has 0 heterocycles. The second-order valence-corrected chi connectivity index (χ2v) is 8.97. The molecular weight excluding hydrogens is 386 g/mol. The Morgan fingerprint density at radius 3 is 1.81 bits per heavy atom. The van der Waals surface area contributed by atoms with E-state index in [2.05, 4.69) is 6.92 Å². The van der Waals surface area contributed by atoms with Gasteiger partial charge < -0.3 is 14.4 Å². The van der Waals surface area contributed by atoms with Crippen LogP contribution in [0.5, 0.6) is 11.5 Å². The summed E-state index contributed by atoms with van der Waals surface area (Å²) in [5, 5.41) is 0. The minimum Gasteiger partial charge on any atom is -0.497 e. The van der Waals surface area contributed by atoms with Gasteiger partial charge in [-0.3, -0.25) is 4.79 Å². The van der Waals surface area contributed by atoms with Crippen LogP contribution < -0.4 is 9.47 Å². The van der Waals surface area contributed by atoms with Crippen LogP contribution in [0.2, 0.25) is 0 Å². The first-order valence-corrected chi connectivity index (χ1v) is 12.6. The van der Waals surface area contributed by atoms with Crippen LogP contribution in [0.25, 0.3) is 0 Å². The zero-order valence-corrected chi connectivity index (χ0v) is 20.7. The number of hydrogen-bond acceptors (Lipinski definition) is 4. The lowest BCUT2D eigenvalue weighted by Crippen LogP contribution is -2.22. The second kappa shape index (κ2) is 18.1. The number of likely N-dealkylation sites (N-methyl/N-ethyl adjacent to an activating group) is 1. The predicted octanol–water partition coefficient (Wildman–Crippen LogP) is 7.30. The summed E-state index contributed by atoms with van der Waals surface area (Å²) < 4.78 is 11.3. The number of benzene rings is 1. The fraction of sp³-hybridized carbons (Fsp3) is 0.741. The number of nitrogens with zero attached hydrogens (tertiary/aromatic N) is 1. The molecule has 1 aromatic carbocycles. The Bertz CT molecular complexity index is 586. The number of ether oxygens (including phenoxy) is 2. The van der Waals surface area contributed by atoms with E-state index in [1.807, 2.05) is 37.2 Å². The zero-order valence-electron chi connectivity index (χ0n) is 20.7. The third kappa shape index (κ3) is 13.5. The van der Waals surface area contributed by atoms with Crippen LogP contribution in [-0.4, -0.2) is 45.0 Å². The standard InChI is InChI=1S/C27H47NO3/c1-5-6-7-8-9-10-11-12-13-14-15-16-17-18-21-31-27-22-24(30-4)19-20-25(27)26(29)23-28(2)3/h19-20,22H,5-18,21,23H2,1-4H3. The van der Waals surface area contributed by atoms with Crippen LogP contribution in [0.1, 0.15) is 107 Å². The molecule has 31 heavy (non-hydrogen) atoms. The molecule has 0 aliphatic rings. The molecule has 0 aliphatic carbocycles. The number of Topliss-reactive ketones (excluding diaryl/α,β-unsaturated/α-hetero) is 1. The Balaban J connectivity index is 2.12. The van der Waals surface area contributed by atoms with Gasteiger partial charge in [0.2, 0.25) is 0 Å². The third-order valence-corrected chi connectivity index (χ3v) is 5.70. The summed E-state index contributed by atoms with van der Waals surface area (Å²) in [4.78, 5) is 14.4. The molecule has 0 fully saturated rings. The Morgan fingerprint density at radius 2 is 1.32 bits per heavy atom. The van der Waals surface area contributed by atoms with E-state index in [0.29, 0.717) is 24.5 Å². The van der Waals surface area contributed by atoms with E-state index in [9.17, 15) is 4.79 Å². The van der Waals surface area contributed by atoms with E-state index < -0.39 is 0 Å². The quantitative estimate of drug-likeness (QED) is 0.160. The van der Waals surface area contributed by atoms with E-state index in [4.69, 9.17) is 9.47 Å². The maximum Gasteiger partial charge on any atom is 0.180 e. The molecule has 0 spiro atoms. The normalized spacial score (nSPS) is 11.1. The predicted molar refractivity (Wildman–Crippen MR) is 132 cm³/mol. The molecule has 4 nitrogen and oxygen atoms in total. The van der Waals surface area contributed by atoms with Crippen molar-refractivity contribution >= 4 is 5.78 Å². The van der Waals surface area contributed by atoms with E-state index >= 15 is 0 Å². The lowest BCUT2D eigenvalue weighted by molar-refractivity contribution is 0.0953. The van der Waals surface area contributed by atoms with Crippen molar-refractivity contribution in [3.05, 3.63) is 23.8 Å². The van der Waals surface area contributed by atoms with Crippen molar-refractivity contribution in [1.82, 2.24) is 4.90 Å². The van der Waals surface area contributed by atoms with Crippen molar-refractivity contribution in [2.45, 2.75) is 96.8 Å². The van der Waals surface area contributed by atoms with Crippen molar-refractivity contribution in [2.24, 2.45) is 0 Å². The van der Waals surface area contributed by atoms with Crippen molar-refractivity contribution in [2.75, 3.05) is 34.4 Å². The minimum atomic E-state index is 0.0728. The van der Waals surface area contributed by atoms with Crippen LogP contribution in [0.4, 0.5) is 0 Å². The highest BCUT2D eigenvalue weighted by Gasteiger charge is 2.14. The van der Waals surface area contributed by atoms with Gasteiger partial charge in [-0.15, -0.1) is 0 Å². The minimum absolute atomic E-state index is 0.0728. The largest absolute Gasteiger partial charge is 0.497 e. The summed E-state index contributed by atoms with van der Waals surface area (Å²) in [6, 6.07) is 5.46. The summed E-state index contributed by atoms with van der Waals surface area (Å²) >= 11 is 0. The highest BCUT2D eigenvalue weighted by Crippen LogP contribution is 2.26. The van der Waals surface area contributed by atoms with Gasteiger partial charge in [0.15, 0.2) is 5.78 Å². The first-order valence-electron chi connectivity index (χ1n) is 12.6. The van der Waals surface area contributed by atoms with E-state index in [-0.39, 0.29) is 5.78 Å². The molecule has 0 radical (unpaired) electrons. The van der Waals surface area contributed by atoms with Gasteiger partial charge >= 0.3 is 0 Å².